The third kappa shape index (κ3) is 4.10. The molecule has 138 valence electrons. The van der Waals surface area contributed by atoms with Gasteiger partial charge in [0.15, 0.2) is 5.82 Å². The number of hydrogen-bond donors (Lipinski definition) is 3. The minimum atomic E-state index is -0.231. The number of halogens is 1. The summed E-state index contributed by atoms with van der Waals surface area (Å²) in [6, 6.07) is 12.9. The first-order valence-electron chi connectivity index (χ1n) is 8.62. The average Bonchev–Trinajstić information content (AvgIpc) is 3.14. The van der Waals surface area contributed by atoms with Crippen LogP contribution in [0.1, 0.15) is 27.3 Å². The van der Waals surface area contributed by atoms with Crippen LogP contribution in [0.4, 0.5) is 5.95 Å². The number of carbonyl (C=O) groups is 1. The number of amides is 1. The van der Waals surface area contributed by atoms with E-state index in [1.807, 2.05) is 30.3 Å². The number of hydrogen-bond acceptors (Lipinski definition) is 5. The van der Waals surface area contributed by atoms with Crippen LogP contribution in [-0.2, 0) is 19.6 Å². The Kier molecular flexibility index (Phi) is 5.04. The second kappa shape index (κ2) is 7.77. The maximum Gasteiger partial charge on any atom is 0.258 e. The van der Waals surface area contributed by atoms with Crippen LogP contribution in [0.2, 0.25) is 5.02 Å². The summed E-state index contributed by atoms with van der Waals surface area (Å²) < 4.78 is 5.60. The zero-order valence-electron chi connectivity index (χ0n) is 14.5. The van der Waals surface area contributed by atoms with Crippen LogP contribution in [-0.4, -0.2) is 27.6 Å². The van der Waals surface area contributed by atoms with E-state index >= 15 is 0 Å². The summed E-state index contributed by atoms with van der Waals surface area (Å²) in [6.45, 7) is 1.93. The molecule has 1 aliphatic heterocycles. The predicted octanol–water partition coefficient (Wildman–Crippen LogP) is 2.94. The molecule has 0 saturated carbocycles. The van der Waals surface area contributed by atoms with Crippen molar-refractivity contribution in [2.24, 2.45) is 0 Å². The van der Waals surface area contributed by atoms with Gasteiger partial charge in [-0.1, -0.05) is 29.8 Å². The lowest BCUT2D eigenvalue weighted by Gasteiger charge is -2.17. The Morgan fingerprint density at radius 1 is 1.19 bits per heavy atom. The van der Waals surface area contributed by atoms with Crippen LogP contribution in [0, 0.1) is 0 Å². The third-order valence-corrected chi connectivity index (χ3v) is 4.63. The topological polar surface area (TPSA) is 91.9 Å². The molecule has 3 N–H and O–H groups in total. The number of rotatable bonds is 5. The fourth-order valence-corrected chi connectivity index (χ4v) is 3.11. The van der Waals surface area contributed by atoms with Crippen LogP contribution in [0.15, 0.2) is 42.5 Å². The number of anilines is 1. The van der Waals surface area contributed by atoms with Crippen LogP contribution in [0.25, 0.3) is 0 Å². The van der Waals surface area contributed by atoms with Gasteiger partial charge < -0.3 is 15.0 Å². The molecule has 0 fully saturated rings. The number of para-hydroxylation sites is 1. The number of benzene rings is 2. The first kappa shape index (κ1) is 17.5. The monoisotopic (exact) mass is 383 g/mol. The summed E-state index contributed by atoms with van der Waals surface area (Å²) in [5.41, 5.74) is 3.03. The number of nitrogens with zero attached hydrogens (tertiary/aromatic N) is 2. The van der Waals surface area contributed by atoms with Gasteiger partial charge in [-0.2, -0.15) is 0 Å². The van der Waals surface area contributed by atoms with Crippen molar-refractivity contribution in [2.75, 3.05) is 11.9 Å². The molecule has 8 heteroatoms. The first-order valence-corrected chi connectivity index (χ1v) is 8.99. The van der Waals surface area contributed by atoms with E-state index in [1.165, 1.54) is 11.1 Å². The summed E-state index contributed by atoms with van der Waals surface area (Å²) in [4.78, 5) is 15.4. The Balaban J connectivity index is 1.39. The van der Waals surface area contributed by atoms with Crippen molar-refractivity contribution in [1.82, 2.24) is 20.5 Å². The molecule has 2 aromatic carbocycles. The standard InChI is InChI=1S/C19H18ClN5O2/c20-15-3-1-2-4-16(15)27-11-17-22-19(25-24-17)23-18(26)13-5-6-14-10-21-8-7-12(14)9-13/h1-6,9,21H,7-8,10-11H2,(H2,22,23,24,25,26). The number of aromatic amines is 1. The van der Waals surface area contributed by atoms with Gasteiger partial charge in [0.2, 0.25) is 5.95 Å². The lowest BCUT2D eigenvalue weighted by molar-refractivity contribution is 0.102. The van der Waals surface area contributed by atoms with Gasteiger partial charge in [0.25, 0.3) is 5.91 Å². The Morgan fingerprint density at radius 3 is 2.96 bits per heavy atom. The van der Waals surface area contributed by atoms with Crippen LogP contribution >= 0.6 is 11.6 Å². The third-order valence-electron chi connectivity index (χ3n) is 4.32. The van der Waals surface area contributed by atoms with Gasteiger partial charge >= 0.3 is 0 Å². The number of H-pyrrole nitrogens is 1. The highest BCUT2D eigenvalue weighted by Crippen LogP contribution is 2.23. The highest BCUT2D eigenvalue weighted by atomic mass is 35.5. The van der Waals surface area contributed by atoms with Crippen molar-refractivity contribution in [3.8, 4) is 5.75 Å². The van der Waals surface area contributed by atoms with Gasteiger partial charge in [-0.05, 0) is 48.4 Å². The Bertz CT molecular complexity index is 972. The Hall–Kier alpha value is -2.90. The smallest absolute Gasteiger partial charge is 0.258 e. The van der Waals surface area contributed by atoms with E-state index in [9.17, 15) is 4.79 Å². The van der Waals surface area contributed by atoms with Crippen molar-refractivity contribution in [2.45, 2.75) is 19.6 Å². The minimum absolute atomic E-state index is 0.165. The predicted molar refractivity (Wildman–Crippen MR) is 102 cm³/mol. The van der Waals surface area contributed by atoms with Crippen molar-refractivity contribution in [3.05, 3.63) is 70.0 Å². The fraction of sp³-hybridized carbons (Fsp3) is 0.211. The molecule has 0 aliphatic carbocycles. The molecule has 0 atom stereocenters. The zero-order chi connectivity index (χ0) is 18.6. The number of fused-ring (bicyclic) bond motifs is 1. The SMILES string of the molecule is O=C(Nc1nnc(COc2ccccc2Cl)[nH]1)c1ccc2c(c1)CCNC2. The van der Waals surface area contributed by atoms with Gasteiger partial charge in [-0.15, -0.1) is 10.2 Å². The minimum Gasteiger partial charge on any atom is -0.484 e. The molecular formula is C19H18ClN5O2. The van der Waals surface area contributed by atoms with E-state index in [0.717, 1.165) is 19.5 Å². The van der Waals surface area contributed by atoms with Gasteiger partial charge in [0.1, 0.15) is 12.4 Å². The zero-order valence-corrected chi connectivity index (χ0v) is 15.2. The molecule has 0 unspecified atom stereocenters. The quantitative estimate of drug-likeness (QED) is 0.630. The molecule has 4 rings (SSSR count). The molecule has 27 heavy (non-hydrogen) atoms. The van der Waals surface area contributed by atoms with Crippen molar-refractivity contribution in [3.63, 3.8) is 0 Å². The maximum atomic E-state index is 12.5. The highest BCUT2D eigenvalue weighted by Gasteiger charge is 2.14. The molecule has 0 bridgehead atoms. The summed E-state index contributed by atoms with van der Waals surface area (Å²) in [7, 11) is 0. The Morgan fingerprint density at radius 2 is 2.07 bits per heavy atom. The molecule has 0 saturated heterocycles. The van der Waals surface area contributed by atoms with Crippen LogP contribution in [0.3, 0.4) is 0 Å². The molecule has 1 amide bonds. The van der Waals surface area contributed by atoms with E-state index in [1.54, 1.807) is 12.1 Å². The molecule has 7 nitrogen and oxygen atoms in total. The van der Waals surface area contributed by atoms with Crippen molar-refractivity contribution in [1.29, 1.82) is 0 Å². The highest BCUT2D eigenvalue weighted by molar-refractivity contribution is 6.32. The molecule has 0 radical (unpaired) electrons. The lowest BCUT2D eigenvalue weighted by Crippen LogP contribution is -2.24. The summed E-state index contributed by atoms with van der Waals surface area (Å²) >= 11 is 6.05. The fourth-order valence-electron chi connectivity index (χ4n) is 2.92. The second-order valence-electron chi connectivity index (χ2n) is 6.20. The largest absolute Gasteiger partial charge is 0.484 e. The van der Waals surface area contributed by atoms with E-state index < -0.39 is 0 Å². The van der Waals surface area contributed by atoms with Gasteiger partial charge in [-0.3, -0.25) is 10.1 Å². The van der Waals surface area contributed by atoms with Gasteiger partial charge in [-0.25, -0.2) is 0 Å². The average molecular weight is 384 g/mol. The molecular weight excluding hydrogens is 366 g/mol. The number of nitrogens with one attached hydrogen (secondary N) is 3. The molecule has 2 heterocycles. The molecule has 1 aliphatic rings. The second-order valence-corrected chi connectivity index (χ2v) is 6.61. The number of aromatic nitrogens is 3. The first-order chi connectivity index (χ1) is 13.2. The Labute approximate surface area is 161 Å². The molecule has 3 aromatic rings. The molecule has 1 aromatic heterocycles. The van der Waals surface area contributed by atoms with E-state index in [2.05, 4.69) is 25.8 Å². The van der Waals surface area contributed by atoms with E-state index in [-0.39, 0.29) is 18.5 Å². The van der Waals surface area contributed by atoms with E-state index in [4.69, 9.17) is 16.3 Å². The molecule has 0 spiro atoms. The lowest BCUT2D eigenvalue weighted by atomic mass is 9.98. The van der Waals surface area contributed by atoms with Crippen molar-refractivity contribution >= 4 is 23.5 Å². The van der Waals surface area contributed by atoms with Crippen LogP contribution < -0.4 is 15.4 Å². The van der Waals surface area contributed by atoms with E-state index in [0.29, 0.717) is 22.2 Å². The summed E-state index contributed by atoms with van der Waals surface area (Å²) in [5.74, 6) is 1.09. The van der Waals surface area contributed by atoms with Crippen LogP contribution in [0.5, 0.6) is 5.75 Å². The number of carbonyl (C=O) groups excluding carboxylic acids is 1. The van der Waals surface area contributed by atoms with Gasteiger partial charge in [0, 0.05) is 12.1 Å². The normalized spacial score (nSPS) is 13.1. The summed E-state index contributed by atoms with van der Waals surface area (Å²) in [6.07, 6.45) is 0.919. The van der Waals surface area contributed by atoms with Crippen molar-refractivity contribution < 1.29 is 9.53 Å². The summed E-state index contributed by atoms with van der Waals surface area (Å²) in [5, 5.41) is 14.5. The number of ether oxygens (including phenoxy) is 1. The van der Waals surface area contributed by atoms with Gasteiger partial charge in [0.05, 0.1) is 5.02 Å². The maximum absolute atomic E-state index is 12.5.